The summed E-state index contributed by atoms with van der Waals surface area (Å²) in [5, 5.41) is 12.9. The van der Waals surface area contributed by atoms with Crippen LogP contribution < -0.4 is 15.2 Å². The number of halogens is 1. The summed E-state index contributed by atoms with van der Waals surface area (Å²) in [6.45, 7) is 12.3. The van der Waals surface area contributed by atoms with Gasteiger partial charge in [0.15, 0.2) is 0 Å². The molecule has 2 aromatic carbocycles. The van der Waals surface area contributed by atoms with Crippen molar-refractivity contribution in [3.63, 3.8) is 0 Å². The minimum Gasteiger partial charge on any atom is -0.488 e. The summed E-state index contributed by atoms with van der Waals surface area (Å²) in [5.41, 5.74) is 8.55. The van der Waals surface area contributed by atoms with E-state index < -0.39 is 11.5 Å². The zero-order valence-corrected chi connectivity index (χ0v) is 24.0. The molecule has 0 aliphatic heterocycles. The summed E-state index contributed by atoms with van der Waals surface area (Å²) >= 11 is 6.12. The molecule has 0 radical (unpaired) electrons. The minimum atomic E-state index is -0.954. The van der Waals surface area contributed by atoms with Gasteiger partial charge in [-0.25, -0.2) is 0 Å². The molecule has 0 aliphatic rings. The van der Waals surface area contributed by atoms with E-state index in [4.69, 9.17) is 26.8 Å². The largest absolute Gasteiger partial charge is 0.488 e. The van der Waals surface area contributed by atoms with Crippen LogP contribution in [0.2, 0.25) is 5.02 Å². The van der Waals surface area contributed by atoms with Gasteiger partial charge in [-0.05, 0) is 85.5 Å². The number of carbonyl (C=O) groups is 1. The summed E-state index contributed by atoms with van der Waals surface area (Å²) in [6, 6.07) is 12.6. The van der Waals surface area contributed by atoms with Gasteiger partial charge in [0.05, 0.1) is 23.9 Å². The van der Waals surface area contributed by atoms with Gasteiger partial charge in [-0.15, -0.1) is 0 Å². The second-order valence-electron chi connectivity index (χ2n) is 10.3. The van der Waals surface area contributed by atoms with E-state index in [1.165, 1.54) is 0 Å². The number of primary amides is 1. The van der Waals surface area contributed by atoms with Gasteiger partial charge in [0.2, 0.25) is 0 Å². The summed E-state index contributed by atoms with van der Waals surface area (Å²) in [4.78, 5) is 16.3. The van der Waals surface area contributed by atoms with Gasteiger partial charge < -0.3 is 24.9 Å². The van der Waals surface area contributed by atoms with Gasteiger partial charge >= 0.3 is 0 Å². The molecule has 1 amide bonds. The fraction of sp³-hybridized carbons (Fsp3) is 0.250. The maximum atomic E-state index is 12.2. The second kappa shape index (κ2) is 12.0. The average Bonchev–Trinajstić information content (AvgIpc) is 3.22. The third-order valence-corrected chi connectivity index (χ3v) is 6.58. The molecule has 7 nitrogen and oxygen atoms in total. The molecule has 0 saturated carbocycles. The summed E-state index contributed by atoms with van der Waals surface area (Å²) in [6.07, 6.45) is 7.98. The number of fused-ring (bicyclic) bond motifs is 1. The first-order chi connectivity index (χ1) is 18.9. The van der Waals surface area contributed by atoms with E-state index in [1.54, 1.807) is 50.5 Å². The number of allylic oxidation sites excluding steroid dienone is 1. The van der Waals surface area contributed by atoms with Crippen LogP contribution in [0.3, 0.4) is 0 Å². The van der Waals surface area contributed by atoms with Crippen LogP contribution in [-0.4, -0.2) is 32.8 Å². The van der Waals surface area contributed by atoms with Crippen LogP contribution in [0.1, 0.15) is 54.9 Å². The Morgan fingerprint density at radius 1 is 1.20 bits per heavy atom. The van der Waals surface area contributed by atoms with Gasteiger partial charge in [-0.3, -0.25) is 9.78 Å². The number of benzene rings is 2. The maximum Gasteiger partial charge on any atom is 0.252 e. The van der Waals surface area contributed by atoms with Gasteiger partial charge in [-0.2, -0.15) is 0 Å². The Kier molecular flexibility index (Phi) is 8.67. The lowest BCUT2D eigenvalue weighted by Crippen LogP contribution is -2.26. The normalized spacial score (nSPS) is 12.0. The lowest BCUT2D eigenvalue weighted by molar-refractivity contribution is 0.0614. The fourth-order valence-corrected chi connectivity index (χ4v) is 4.81. The molecule has 208 valence electrons. The fourth-order valence-electron chi connectivity index (χ4n) is 4.63. The lowest BCUT2D eigenvalue weighted by Gasteiger charge is -2.20. The van der Waals surface area contributed by atoms with Gasteiger partial charge in [0.25, 0.3) is 5.91 Å². The summed E-state index contributed by atoms with van der Waals surface area (Å²) < 4.78 is 14.1. The SMILES string of the molecule is C=C(COc1cc2ccc(Cl)cc2cc1C(N)=O)c1cn(CC(C)(C)O)c(/C=C(\C)Oc2cccnc2)c1CC. The molecule has 0 spiro atoms. The molecule has 0 bridgehead atoms. The summed E-state index contributed by atoms with van der Waals surface area (Å²) in [5.74, 6) is 1.09. The Balaban J connectivity index is 1.66. The molecule has 0 fully saturated rings. The number of pyridine rings is 1. The third-order valence-electron chi connectivity index (χ3n) is 6.34. The van der Waals surface area contributed by atoms with E-state index in [0.29, 0.717) is 35.2 Å². The molecule has 2 aromatic heterocycles. The number of aromatic nitrogens is 2. The standard InChI is InChI=1S/C32H34ClN3O4/c1-6-26-28(17-36(19-32(4,5)38)29(26)12-21(3)40-25-8-7-11-35-16-25)20(2)18-39-30-15-22-9-10-24(33)13-23(22)14-27(30)31(34)37/h7-17,38H,2,6,18-19H2,1,3-5H3,(H2,34,37)/b21-12+. The van der Waals surface area contributed by atoms with Gasteiger partial charge in [0, 0.05) is 34.7 Å². The molecule has 0 unspecified atom stereocenters. The molecule has 3 N–H and O–H groups in total. The number of ether oxygens (including phenoxy) is 2. The molecular weight excluding hydrogens is 526 g/mol. The zero-order valence-electron chi connectivity index (χ0n) is 23.2. The molecule has 0 saturated heterocycles. The smallest absolute Gasteiger partial charge is 0.252 e. The van der Waals surface area contributed by atoms with Crippen molar-refractivity contribution in [3.05, 3.63) is 101 Å². The number of amides is 1. The minimum absolute atomic E-state index is 0.132. The van der Waals surface area contributed by atoms with Crippen LogP contribution >= 0.6 is 11.6 Å². The molecular formula is C32H34ClN3O4. The van der Waals surface area contributed by atoms with E-state index in [-0.39, 0.29) is 12.2 Å². The van der Waals surface area contributed by atoms with Crippen LogP contribution in [0, 0.1) is 0 Å². The van der Waals surface area contributed by atoms with Crippen LogP contribution in [0.25, 0.3) is 22.4 Å². The zero-order chi connectivity index (χ0) is 29.0. The van der Waals surface area contributed by atoms with Crippen LogP contribution in [0.5, 0.6) is 11.5 Å². The van der Waals surface area contributed by atoms with Crippen molar-refractivity contribution in [1.82, 2.24) is 9.55 Å². The first kappa shape index (κ1) is 28.9. The van der Waals surface area contributed by atoms with Gasteiger partial charge in [-0.1, -0.05) is 31.2 Å². The number of nitrogens with zero attached hydrogens (tertiary/aromatic N) is 2. The Morgan fingerprint density at radius 3 is 2.62 bits per heavy atom. The van der Waals surface area contributed by atoms with E-state index in [2.05, 4.69) is 18.5 Å². The van der Waals surface area contributed by atoms with Crippen molar-refractivity contribution < 1.29 is 19.4 Å². The number of aliphatic hydroxyl groups is 1. The molecule has 4 rings (SSSR count). The van der Waals surface area contributed by atoms with Crippen LogP contribution in [0.15, 0.2) is 73.4 Å². The lowest BCUT2D eigenvalue weighted by atomic mass is 10.0. The number of hydrogen-bond donors (Lipinski definition) is 2. The Morgan fingerprint density at radius 2 is 1.98 bits per heavy atom. The number of hydrogen-bond acceptors (Lipinski definition) is 5. The molecule has 2 heterocycles. The number of nitrogens with two attached hydrogens (primary N) is 1. The van der Waals surface area contributed by atoms with Crippen molar-refractivity contribution in [2.45, 2.75) is 46.3 Å². The van der Waals surface area contributed by atoms with E-state index in [0.717, 1.165) is 33.2 Å². The Labute approximate surface area is 239 Å². The van der Waals surface area contributed by atoms with Crippen molar-refractivity contribution in [1.29, 1.82) is 0 Å². The van der Waals surface area contributed by atoms with Crippen molar-refractivity contribution in [3.8, 4) is 11.5 Å². The highest BCUT2D eigenvalue weighted by Gasteiger charge is 2.21. The van der Waals surface area contributed by atoms with Gasteiger partial charge in [0.1, 0.15) is 23.9 Å². The first-order valence-corrected chi connectivity index (χ1v) is 13.4. The second-order valence-corrected chi connectivity index (χ2v) is 10.8. The quantitative estimate of drug-likeness (QED) is 0.200. The predicted molar refractivity (Wildman–Crippen MR) is 161 cm³/mol. The van der Waals surface area contributed by atoms with E-state index in [9.17, 15) is 9.90 Å². The molecule has 0 atom stereocenters. The highest BCUT2D eigenvalue weighted by molar-refractivity contribution is 6.31. The van der Waals surface area contributed by atoms with Crippen molar-refractivity contribution in [2.75, 3.05) is 6.61 Å². The molecule has 0 aliphatic carbocycles. The number of carbonyl (C=O) groups excluding carboxylic acids is 1. The van der Waals surface area contributed by atoms with Crippen molar-refractivity contribution >= 4 is 39.9 Å². The van der Waals surface area contributed by atoms with E-state index in [1.807, 2.05) is 42.0 Å². The molecule has 8 heteroatoms. The predicted octanol–water partition coefficient (Wildman–Crippen LogP) is 6.65. The average molecular weight is 560 g/mol. The van der Waals surface area contributed by atoms with E-state index >= 15 is 0 Å². The number of rotatable bonds is 11. The Hall–Kier alpha value is -4.07. The topological polar surface area (TPSA) is 99.6 Å². The highest BCUT2D eigenvalue weighted by Crippen LogP contribution is 2.31. The summed E-state index contributed by atoms with van der Waals surface area (Å²) in [7, 11) is 0. The van der Waals surface area contributed by atoms with Crippen molar-refractivity contribution in [2.24, 2.45) is 5.73 Å². The first-order valence-electron chi connectivity index (χ1n) is 13.0. The Bertz CT molecular complexity index is 1580. The third kappa shape index (κ3) is 6.92. The van der Waals surface area contributed by atoms with Crippen LogP contribution in [-0.2, 0) is 13.0 Å². The van der Waals surface area contributed by atoms with Crippen LogP contribution in [0.4, 0.5) is 0 Å². The monoisotopic (exact) mass is 559 g/mol. The maximum absolute atomic E-state index is 12.2. The molecule has 40 heavy (non-hydrogen) atoms. The highest BCUT2D eigenvalue weighted by atomic mass is 35.5. The molecule has 4 aromatic rings.